The summed E-state index contributed by atoms with van der Waals surface area (Å²) in [5, 5.41) is 56.3. The van der Waals surface area contributed by atoms with Crippen molar-refractivity contribution in [2.45, 2.75) is 173 Å². The molecule has 0 radical (unpaired) electrons. The number of ether oxygens (including phenoxy) is 2. The van der Waals surface area contributed by atoms with Gasteiger partial charge in [0.25, 0.3) is 0 Å². The van der Waals surface area contributed by atoms with Gasteiger partial charge in [-0.15, -0.1) is 20.4 Å². The third-order valence-corrected chi connectivity index (χ3v) is 23.5. The number of nitrogens with one attached hydrogen (secondary N) is 2. The van der Waals surface area contributed by atoms with E-state index in [1.54, 1.807) is 6.07 Å². The van der Waals surface area contributed by atoms with Crippen LogP contribution in [0.15, 0.2) is 128 Å². The number of carbonyl (C=O) groups is 3. The number of para-hydroxylation sites is 3. The van der Waals surface area contributed by atoms with E-state index in [2.05, 4.69) is 154 Å². The topological polar surface area (TPSA) is 252 Å². The lowest BCUT2D eigenvalue weighted by atomic mass is 9.81. The van der Waals surface area contributed by atoms with Crippen LogP contribution in [0.3, 0.4) is 0 Å². The van der Waals surface area contributed by atoms with Crippen LogP contribution >= 0.6 is 0 Å². The fourth-order valence-electron chi connectivity index (χ4n) is 19.1. The number of aromatic nitrogens is 14. The number of carboxylic acid groups (broad SMARTS) is 1. The molecule has 3 N–H and O–H groups in total. The number of tetrazole rings is 2. The molecule has 21 heteroatoms. The number of aromatic carboxylic acids is 1. The van der Waals surface area contributed by atoms with Crippen molar-refractivity contribution >= 4 is 83.3 Å². The number of hydrogen-bond acceptors (Lipinski definition) is 12. The first-order chi connectivity index (χ1) is 51.2. The molecule has 14 aromatic rings. The Hall–Kier alpha value is -11.4. The Kier molecular flexibility index (Phi) is 16.6. The SMILES string of the molecule is COC(=O)c1ccc2c(C3CCCCC3)c3n(c2c1)CCCn1cc(-c2nn[nH]n2)c2cccc-3c21.COC(=O)c1ccc2c(C3CCCCC3)c3n(c2c1)CCCn1cc(C#N)c2cccc-3c21.O=C(O)c1ccc2c(C3CCCCC3)c3n(c2c1)CCCn1cc(-c2nn[nH]n2)c2cccc-3c21. The van der Waals surface area contributed by atoms with E-state index in [1.165, 1.54) is 188 Å². The minimum atomic E-state index is -0.881. The largest absolute Gasteiger partial charge is 0.478 e. The van der Waals surface area contributed by atoms with Crippen molar-refractivity contribution in [2.24, 2.45) is 0 Å². The second-order valence-corrected chi connectivity index (χ2v) is 29.2. The van der Waals surface area contributed by atoms with Gasteiger partial charge in [0.15, 0.2) is 0 Å². The number of nitrogens with zero attached hydrogens (tertiary/aromatic N) is 13. The number of H-pyrrole nitrogens is 2. The van der Waals surface area contributed by atoms with Crippen molar-refractivity contribution in [3.63, 3.8) is 0 Å². The van der Waals surface area contributed by atoms with Gasteiger partial charge >= 0.3 is 17.9 Å². The molecule has 104 heavy (non-hydrogen) atoms. The standard InChI is InChI=1S/C28H28N6O2.C28H27N3O2.C27H26N6O2/c1-36-28(35)18-11-12-20-23(15-18)34-14-6-13-33-16-22(27-29-31-32-30-27)19-9-5-10-21(25(19)33)26(34)24(20)17-7-3-2-4-8-17;1-33-28(32)19-11-12-22-24(15-19)31-14-6-13-30-17-20(16-29)21-9-5-10-23(26(21)30)27(31)25(22)18-7-3-2-4-8-18;34-27(35)17-10-11-19-22(14-17)33-13-5-12-32-15-21(26-28-30-31-29-26)18-8-4-9-20(24(18)32)25(33)23(19)16-6-2-1-3-7-16/h5,9-12,15-17H,2-4,6-8,13-14H2,1H3,(H,29,30,31,32);5,9-12,15,17-18H,2-4,6-8,13-14H2,1H3;4,8-11,14-16H,1-3,5-7,12-13H2,(H,34,35)(H,28,29,30,31). The van der Waals surface area contributed by atoms with Crippen molar-refractivity contribution in [3.8, 4) is 62.6 Å². The lowest BCUT2D eigenvalue weighted by Gasteiger charge is -2.25. The minimum Gasteiger partial charge on any atom is -0.478 e. The zero-order valence-electron chi connectivity index (χ0n) is 58.6. The molecule has 0 unspecified atom stereocenters. The number of benzene rings is 6. The van der Waals surface area contributed by atoms with Crippen LogP contribution in [-0.2, 0) is 48.7 Å². The van der Waals surface area contributed by atoms with E-state index in [0.29, 0.717) is 46.1 Å². The van der Waals surface area contributed by atoms with Gasteiger partial charge in [0, 0.05) is 135 Å². The number of hydrogen-bond donors (Lipinski definition) is 3. The van der Waals surface area contributed by atoms with Gasteiger partial charge in [-0.3, -0.25) is 0 Å². The fraction of sp³-hybridized carbons (Fsp3) is 0.349. The molecule has 8 aromatic heterocycles. The summed E-state index contributed by atoms with van der Waals surface area (Å²) in [5.74, 6) is 1.24. The van der Waals surface area contributed by atoms with E-state index in [1.807, 2.05) is 42.6 Å². The second-order valence-electron chi connectivity index (χ2n) is 29.2. The lowest BCUT2D eigenvalue weighted by molar-refractivity contribution is 0.0592. The Morgan fingerprint density at radius 2 is 0.798 bits per heavy atom. The summed E-state index contributed by atoms with van der Waals surface area (Å²) in [7, 11) is 2.88. The molecule has 0 atom stereocenters. The molecule has 11 heterocycles. The first kappa shape index (κ1) is 64.7. The first-order valence-corrected chi connectivity index (χ1v) is 37.3. The molecule has 524 valence electrons. The summed E-state index contributed by atoms with van der Waals surface area (Å²) in [6.07, 6.45) is 27.8. The van der Waals surface area contributed by atoms with Gasteiger partial charge in [-0.2, -0.15) is 15.7 Å². The van der Waals surface area contributed by atoms with Crippen molar-refractivity contribution in [2.75, 3.05) is 14.2 Å². The van der Waals surface area contributed by atoms with Gasteiger partial charge in [-0.05, 0) is 139 Å². The molecule has 0 saturated heterocycles. The van der Waals surface area contributed by atoms with Crippen LogP contribution in [0.5, 0.6) is 0 Å². The van der Waals surface area contributed by atoms with Crippen LogP contribution in [0.1, 0.15) is 187 Å². The Morgan fingerprint density at radius 3 is 1.16 bits per heavy atom. The number of nitriles is 1. The molecule has 0 amide bonds. The number of rotatable bonds is 8. The van der Waals surface area contributed by atoms with Crippen molar-refractivity contribution in [1.82, 2.24) is 68.7 Å². The molecule has 21 nitrogen and oxygen atoms in total. The number of fused-ring (bicyclic) bond motifs is 12. The Labute approximate surface area is 599 Å². The maximum Gasteiger partial charge on any atom is 0.337 e. The van der Waals surface area contributed by atoms with E-state index in [4.69, 9.17) is 9.47 Å². The second kappa shape index (κ2) is 26.8. The Balaban J connectivity index is 0.000000111. The van der Waals surface area contributed by atoms with Gasteiger partial charge in [-0.1, -0.05) is 131 Å². The van der Waals surface area contributed by atoms with Crippen LogP contribution < -0.4 is 0 Å². The molecular weight excluding hydrogens is 1300 g/mol. The smallest absolute Gasteiger partial charge is 0.337 e. The number of esters is 2. The van der Waals surface area contributed by atoms with Crippen molar-refractivity contribution in [1.29, 1.82) is 5.26 Å². The molecule has 6 aromatic carbocycles. The van der Waals surface area contributed by atoms with E-state index in [-0.39, 0.29) is 11.9 Å². The highest BCUT2D eigenvalue weighted by molar-refractivity contribution is 6.09. The first-order valence-electron chi connectivity index (χ1n) is 37.3. The van der Waals surface area contributed by atoms with Gasteiger partial charge in [0.2, 0.25) is 11.6 Å². The molecule has 0 bridgehead atoms. The average molecular weight is 1380 g/mol. The maximum absolute atomic E-state index is 12.4. The summed E-state index contributed by atoms with van der Waals surface area (Å²) in [4.78, 5) is 36.6. The summed E-state index contributed by atoms with van der Waals surface area (Å²) in [6.45, 7) is 5.21. The molecule has 0 spiro atoms. The summed E-state index contributed by atoms with van der Waals surface area (Å²) >= 11 is 0. The zero-order chi connectivity index (χ0) is 70.3. The van der Waals surface area contributed by atoms with Gasteiger partial charge in [0.1, 0.15) is 6.07 Å². The lowest BCUT2D eigenvalue weighted by Crippen LogP contribution is -2.11. The summed E-state index contributed by atoms with van der Waals surface area (Å²) in [6, 6.07) is 39.6. The van der Waals surface area contributed by atoms with Gasteiger partial charge < -0.3 is 42.0 Å². The fourth-order valence-corrected chi connectivity index (χ4v) is 19.1. The molecular formula is C83H81N15O6. The minimum absolute atomic E-state index is 0.293. The zero-order valence-corrected chi connectivity index (χ0v) is 58.6. The van der Waals surface area contributed by atoms with Crippen LogP contribution in [0, 0.1) is 11.3 Å². The monoisotopic (exact) mass is 1380 g/mol. The van der Waals surface area contributed by atoms with Crippen molar-refractivity contribution in [3.05, 3.63) is 167 Å². The van der Waals surface area contributed by atoms with Gasteiger partial charge in [-0.25, -0.2) is 14.4 Å². The van der Waals surface area contributed by atoms with E-state index in [9.17, 15) is 24.8 Å². The molecule has 20 rings (SSSR count). The number of carbonyl (C=O) groups excluding carboxylic acids is 2. The molecule has 3 aliphatic carbocycles. The highest BCUT2D eigenvalue weighted by Crippen LogP contribution is 2.52. The highest BCUT2D eigenvalue weighted by atomic mass is 16.5. The average Bonchev–Trinajstić information content (AvgIpc) is 1.57. The van der Waals surface area contributed by atoms with Crippen LogP contribution in [0.25, 0.3) is 122 Å². The van der Waals surface area contributed by atoms with E-state index < -0.39 is 5.97 Å². The molecule has 3 aliphatic heterocycles. The summed E-state index contributed by atoms with van der Waals surface area (Å²) in [5.41, 5.74) is 22.8. The van der Waals surface area contributed by atoms with Crippen LogP contribution in [0.2, 0.25) is 0 Å². The van der Waals surface area contributed by atoms with Gasteiger partial charge in [0.05, 0.1) is 70.1 Å². The Morgan fingerprint density at radius 1 is 0.433 bits per heavy atom. The maximum atomic E-state index is 12.4. The van der Waals surface area contributed by atoms with E-state index >= 15 is 0 Å². The number of methoxy groups -OCH3 is 2. The normalized spacial score (nSPS) is 16.2. The molecule has 3 fully saturated rings. The highest BCUT2D eigenvalue weighted by Gasteiger charge is 2.35. The van der Waals surface area contributed by atoms with Crippen LogP contribution in [-0.4, -0.2) is 106 Å². The van der Waals surface area contributed by atoms with Crippen molar-refractivity contribution < 1.29 is 29.0 Å². The predicted molar refractivity (Wildman–Crippen MR) is 401 cm³/mol. The molecule has 3 saturated carbocycles. The predicted octanol–water partition coefficient (Wildman–Crippen LogP) is 17.6. The van der Waals surface area contributed by atoms with Crippen LogP contribution in [0.4, 0.5) is 0 Å². The number of carboxylic acids is 1. The number of aryl methyl sites for hydroxylation is 6. The third kappa shape index (κ3) is 10.8. The quantitative estimate of drug-likeness (QED) is 0.120. The third-order valence-electron chi connectivity index (χ3n) is 23.5. The van der Waals surface area contributed by atoms with E-state index in [0.717, 1.165) is 113 Å². The summed E-state index contributed by atoms with van der Waals surface area (Å²) < 4.78 is 24.3. The molecule has 6 aliphatic rings. The Bertz CT molecular complexity index is 5750. The number of aromatic amines is 2.